The molecule has 2 aromatic rings. The standard InChI is InChI=1S/C11H8ClN3O/c1-6-2-7(4-8(12)3-6)11-15-9(5-13)10(14)16-11/h2-4H,14H2,1H3. The van der Waals surface area contributed by atoms with Crippen LogP contribution in [-0.4, -0.2) is 4.98 Å². The molecule has 0 amide bonds. The molecule has 0 saturated heterocycles. The molecule has 80 valence electrons. The maximum atomic E-state index is 8.71. The summed E-state index contributed by atoms with van der Waals surface area (Å²) in [6, 6.07) is 7.24. The third kappa shape index (κ3) is 1.86. The molecule has 0 atom stereocenters. The Morgan fingerprint density at radius 1 is 1.44 bits per heavy atom. The zero-order valence-corrected chi connectivity index (χ0v) is 9.25. The van der Waals surface area contributed by atoms with Gasteiger partial charge in [0.2, 0.25) is 17.5 Å². The number of nitrogen functional groups attached to an aromatic ring is 1. The second kappa shape index (κ2) is 3.87. The Bertz CT molecular complexity index is 563. The molecule has 2 rings (SSSR count). The minimum atomic E-state index is 0.0233. The molecule has 0 spiro atoms. The molecule has 1 aromatic carbocycles. The van der Waals surface area contributed by atoms with Crippen LogP contribution in [0.5, 0.6) is 0 Å². The van der Waals surface area contributed by atoms with E-state index in [1.165, 1.54) is 0 Å². The lowest BCUT2D eigenvalue weighted by Gasteiger charge is -1.98. The second-order valence-corrected chi connectivity index (χ2v) is 3.80. The monoisotopic (exact) mass is 233 g/mol. The van der Waals surface area contributed by atoms with Crippen LogP contribution in [0.15, 0.2) is 22.6 Å². The van der Waals surface area contributed by atoms with E-state index in [4.69, 9.17) is 27.0 Å². The van der Waals surface area contributed by atoms with Gasteiger partial charge in [0, 0.05) is 10.6 Å². The zero-order valence-electron chi connectivity index (χ0n) is 8.49. The lowest BCUT2D eigenvalue weighted by Crippen LogP contribution is -1.84. The molecule has 0 aliphatic rings. The van der Waals surface area contributed by atoms with Crippen LogP contribution >= 0.6 is 11.6 Å². The normalized spacial score (nSPS) is 10.1. The summed E-state index contributed by atoms with van der Waals surface area (Å²) in [5.41, 5.74) is 7.26. The summed E-state index contributed by atoms with van der Waals surface area (Å²) in [5, 5.41) is 9.30. The van der Waals surface area contributed by atoms with E-state index in [-0.39, 0.29) is 11.6 Å². The number of hydrogen-bond donors (Lipinski definition) is 1. The van der Waals surface area contributed by atoms with Gasteiger partial charge in [0.05, 0.1) is 0 Å². The third-order valence-electron chi connectivity index (χ3n) is 2.05. The zero-order chi connectivity index (χ0) is 11.7. The molecule has 0 aliphatic carbocycles. The predicted molar refractivity (Wildman–Crippen MR) is 60.8 cm³/mol. The molecule has 0 unspecified atom stereocenters. The first-order valence-corrected chi connectivity index (χ1v) is 4.92. The molecule has 1 aromatic heterocycles. The van der Waals surface area contributed by atoms with Crippen molar-refractivity contribution in [3.63, 3.8) is 0 Å². The highest BCUT2D eigenvalue weighted by Gasteiger charge is 2.12. The van der Waals surface area contributed by atoms with E-state index in [1.54, 1.807) is 6.07 Å². The van der Waals surface area contributed by atoms with Crippen LogP contribution < -0.4 is 5.73 Å². The highest BCUT2D eigenvalue weighted by atomic mass is 35.5. The predicted octanol–water partition coefficient (Wildman–Crippen LogP) is 2.76. The Morgan fingerprint density at radius 3 is 2.75 bits per heavy atom. The van der Waals surface area contributed by atoms with Crippen LogP contribution in [0.1, 0.15) is 11.3 Å². The SMILES string of the molecule is Cc1cc(Cl)cc(-c2nc(C#N)c(N)o2)c1. The Labute approximate surface area is 97.3 Å². The Hall–Kier alpha value is -1.99. The lowest BCUT2D eigenvalue weighted by molar-refractivity contribution is 0.593. The van der Waals surface area contributed by atoms with Gasteiger partial charge in [-0.25, -0.2) is 0 Å². The van der Waals surface area contributed by atoms with Crippen LogP contribution in [0.2, 0.25) is 5.02 Å². The molecule has 0 aliphatic heterocycles. The highest BCUT2D eigenvalue weighted by Crippen LogP contribution is 2.26. The van der Waals surface area contributed by atoms with Crippen LogP contribution in [0.25, 0.3) is 11.5 Å². The van der Waals surface area contributed by atoms with Gasteiger partial charge in [0.15, 0.2) is 0 Å². The minimum Gasteiger partial charge on any atom is -0.419 e. The number of nitriles is 1. The van der Waals surface area contributed by atoms with E-state index in [0.717, 1.165) is 5.56 Å². The smallest absolute Gasteiger partial charge is 0.230 e. The lowest BCUT2D eigenvalue weighted by atomic mass is 10.1. The van der Waals surface area contributed by atoms with Crippen molar-refractivity contribution in [1.82, 2.24) is 4.98 Å². The summed E-state index contributed by atoms with van der Waals surface area (Å²) in [5.74, 6) is 0.328. The first kappa shape index (κ1) is 10.5. The molecule has 0 bridgehead atoms. The molecule has 16 heavy (non-hydrogen) atoms. The van der Waals surface area contributed by atoms with E-state index in [1.807, 2.05) is 25.1 Å². The van der Waals surface area contributed by atoms with E-state index in [9.17, 15) is 0 Å². The molecule has 1 heterocycles. The number of aryl methyl sites for hydroxylation is 1. The molecule has 2 N–H and O–H groups in total. The summed E-state index contributed by atoms with van der Waals surface area (Å²) < 4.78 is 5.19. The molecule has 4 nitrogen and oxygen atoms in total. The third-order valence-corrected chi connectivity index (χ3v) is 2.27. The molecular weight excluding hydrogens is 226 g/mol. The fourth-order valence-electron chi connectivity index (χ4n) is 1.40. The molecular formula is C11H8ClN3O. The van der Waals surface area contributed by atoms with Gasteiger partial charge in [-0.15, -0.1) is 0 Å². The number of aromatic nitrogens is 1. The van der Waals surface area contributed by atoms with Crippen molar-refractivity contribution in [1.29, 1.82) is 5.26 Å². The van der Waals surface area contributed by atoms with Gasteiger partial charge < -0.3 is 10.2 Å². The van der Waals surface area contributed by atoms with Crippen LogP contribution in [-0.2, 0) is 0 Å². The number of oxazole rings is 1. The molecule has 5 heteroatoms. The van der Waals surface area contributed by atoms with Crippen LogP contribution in [0, 0.1) is 18.3 Å². The van der Waals surface area contributed by atoms with Gasteiger partial charge in [0.25, 0.3) is 0 Å². The van der Waals surface area contributed by atoms with E-state index >= 15 is 0 Å². The van der Waals surface area contributed by atoms with Gasteiger partial charge in [0.1, 0.15) is 6.07 Å². The highest BCUT2D eigenvalue weighted by molar-refractivity contribution is 6.30. The average Bonchev–Trinajstić information content (AvgIpc) is 2.58. The summed E-state index contributed by atoms with van der Waals surface area (Å²) >= 11 is 5.91. The fourth-order valence-corrected chi connectivity index (χ4v) is 1.68. The van der Waals surface area contributed by atoms with Crippen molar-refractivity contribution in [3.8, 4) is 17.5 Å². The molecule has 0 fully saturated rings. The van der Waals surface area contributed by atoms with Gasteiger partial charge in [-0.2, -0.15) is 10.2 Å². The minimum absolute atomic E-state index is 0.0233. The number of nitrogens with zero attached hydrogens (tertiary/aromatic N) is 2. The number of anilines is 1. The van der Waals surface area contributed by atoms with Crippen molar-refractivity contribution in [2.24, 2.45) is 0 Å². The van der Waals surface area contributed by atoms with Crippen molar-refractivity contribution in [2.45, 2.75) is 6.92 Å². The number of rotatable bonds is 1. The fraction of sp³-hybridized carbons (Fsp3) is 0.0909. The van der Waals surface area contributed by atoms with Gasteiger partial charge in [-0.3, -0.25) is 0 Å². The number of halogens is 1. The maximum absolute atomic E-state index is 8.71. The molecule has 0 saturated carbocycles. The number of hydrogen-bond acceptors (Lipinski definition) is 4. The van der Waals surface area contributed by atoms with Gasteiger partial charge in [-0.1, -0.05) is 11.6 Å². The van der Waals surface area contributed by atoms with E-state index in [2.05, 4.69) is 4.98 Å². The van der Waals surface area contributed by atoms with Crippen LogP contribution in [0.4, 0.5) is 5.88 Å². The van der Waals surface area contributed by atoms with Crippen LogP contribution in [0.3, 0.4) is 0 Å². The largest absolute Gasteiger partial charge is 0.419 e. The first-order valence-electron chi connectivity index (χ1n) is 4.54. The van der Waals surface area contributed by atoms with Crippen molar-refractivity contribution < 1.29 is 4.42 Å². The van der Waals surface area contributed by atoms with E-state index < -0.39 is 0 Å². The molecule has 0 radical (unpaired) electrons. The van der Waals surface area contributed by atoms with Crippen molar-refractivity contribution in [2.75, 3.05) is 5.73 Å². The van der Waals surface area contributed by atoms with Gasteiger partial charge >= 0.3 is 0 Å². The summed E-state index contributed by atoms with van der Waals surface area (Å²) in [6.07, 6.45) is 0. The first-order chi connectivity index (χ1) is 7.60. The summed E-state index contributed by atoms with van der Waals surface area (Å²) in [7, 11) is 0. The topological polar surface area (TPSA) is 75.8 Å². The maximum Gasteiger partial charge on any atom is 0.230 e. The van der Waals surface area contributed by atoms with E-state index in [0.29, 0.717) is 16.5 Å². The van der Waals surface area contributed by atoms with Crippen molar-refractivity contribution in [3.05, 3.63) is 34.5 Å². The van der Waals surface area contributed by atoms with Crippen molar-refractivity contribution >= 4 is 17.5 Å². The summed E-state index contributed by atoms with van der Waals surface area (Å²) in [4.78, 5) is 3.97. The number of nitrogens with two attached hydrogens (primary N) is 1. The average molecular weight is 234 g/mol. The van der Waals surface area contributed by atoms with Gasteiger partial charge in [-0.05, 0) is 30.7 Å². The Balaban J connectivity index is 2.55. The number of benzene rings is 1. The summed E-state index contributed by atoms with van der Waals surface area (Å²) in [6.45, 7) is 1.91. The second-order valence-electron chi connectivity index (χ2n) is 3.36. The Kier molecular flexibility index (Phi) is 2.55. The Morgan fingerprint density at radius 2 is 2.19 bits per heavy atom. The quantitative estimate of drug-likeness (QED) is 0.822.